The summed E-state index contributed by atoms with van der Waals surface area (Å²) < 4.78 is 0. The Morgan fingerprint density at radius 2 is 1.67 bits per heavy atom. The van der Waals surface area contributed by atoms with Gasteiger partial charge >= 0.3 is 0 Å². The van der Waals surface area contributed by atoms with E-state index in [-0.39, 0.29) is 5.91 Å². The number of carbonyl (C=O) groups excluding carboxylic acids is 2. The minimum atomic E-state index is -0.658. The second kappa shape index (κ2) is 6.46. The predicted molar refractivity (Wildman–Crippen MR) is 102 cm³/mol. The van der Waals surface area contributed by atoms with Crippen molar-refractivity contribution in [1.29, 1.82) is 0 Å². The number of benzene rings is 2. The monoisotopic (exact) mass is 360 g/mol. The Morgan fingerprint density at radius 3 is 2.37 bits per heavy atom. The van der Waals surface area contributed by atoms with Crippen LogP contribution in [0.2, 0.25) is 0 Å². The molecule has 0 spiro atoms. The van der Waals surface area contributed by atoms with E-state index in [1.807, 2.05) is 38.1 Å². The van der Waals surface area contributed by atoms with E-state index < -0.39 is 11.9 Å². The minimum Gasteiger partial charge on any atom is -0.368 e. The zero-order valence-electron chi connectivity index (χ0n) is 15.3. The molecule has 0 saturated carbocycles. The summed E-state index contributed by atoms with van der Waals surface area (Å²) in [6, 6.07) is 12.4. The van der Waals surface area contributed by atoms with Gasteiger partial charge in [-0.3, -0.25) is 9.59 Å². The maximum atomic E-state index is 13.2. The summed E-state index contributed by atoms with van der Waals surface area (Å²) in [4.78, 5) is 35.8. The molecule has 3 aromatic rings. The highest BCUT2D eigenvalue weighted by Crippen LogP contribution is 2.25. The van der Waals surface area contributed by atoms with Crippen molar-refractivity contribution < 1.29 is 9.59 Å². The zero-order valence-corrected chi connectivity index (χ0v) is 15.3. The fourth-order valence-electron chi connectivity index (χ4n) is 3.52. The van der Waals surface area contributed by atoms with Crippen molar-refractivity contribution in [2.24, 2.45) is 5.73 Å². The van der Waals surface area contributed by atoms with Gasteiger partial charge in [0.25, 0.3) is 5.91 Å². The first kappa shape index (κ1) is 17.1. The van der Waals surface area contributed by atoms with Gasteiger partial charge < -0.3 is 10.6 Å². The first-order chi connectivity index (χ1) is 12.9. The first-order valence-electron chi connectivity index (χ1n) is 8.86. The third-order valence-corrected chi connectivity index (χ3v) is 5.16. The van der Waals surface area contributed by atoms with E-state index in [0.29, 0.717) is 24.0 Å². The number of aromatic nitrogens is 2. The molecule has 2 aromatic carbocycles. The minimum absolute atomic E-state index is 0.227. The largest absolute Gasteiger partial charge is 0.368 e. The number of carbonyl (C=O) groups is 2. The lowest BCUT2D eigenvalue weighted by Crippen LogP contribution is -2.51. The Labute approximate surface area is 157 Å². The molecule has 1 aliphatic heterocycles. The number of primary amides is 1. The molecule has 1 aliphatic rings. The van der Waals surface area contributed by atoms with Crippen LogP contribution in [0, 0.1) is 13.8 Å². The van der Waals surface area contributed by atoms with E-state index in [9.17, 15) is 9.59 Å². The number of hydrogen-bond donors (Lipinski definition) is 1. The molecule has 2 amide bonds. The third kappa shape index (κ3) is 3.03. The van der Waals surface area contributed by atoms with Gasteiger partial charge in [0.2, 0.25) is 5.91 Å². The Morgan fingerprint density at radius 1 is 1.00 bits per heavy atom. The van der Waals surface area contributed by atoms with Crippen molar-refractivity contribution in [3.8, 4) is 0 Å². The molecule has 136 valence electrons. The van der Waals surface area contributed by atoms with Crippen LogP contribution in [0.25, 0.3) is 11.0 Å². The first-order valence-corrected chi connectivity index (χ1v) is 8.86. The lowest BCUT2D eigenvalue weighted by Gasteiger charge is -2.35. The molecule has 4 rings (SSSR count). The van der Waals surface area contributed by atoms with Gasteiger partial charge in [0.15, 0.2) is 0 Å². The van der Waals surface area contributed by atoms with Crippen LogP contribution in [0.1, 0.15) is 32.9 Å². The van der Waals surface area contributed by atoms with Crippen molar-refractivity contribution >= 4 is 22.8 Å². The summed E-state index contributed by atoms with van der Waals surface area (Å²) in [5, 5.41) is 0. The van der Waals surface area contributed by atoms with E-state index in [4.69, 9.17) is 5.73 Å². The van der Waals surface area contributed by atoms with Gasteiger partial charge in [-0.25, -0.2) is 9.97 Å². The summed E-state index contributed by atoms with van der Waals surface area (Å²) in [7, 11) is 0. The highest BCUT2D eigenvalue weighted by Gasteiger charge is 2.33. The molecule has 1 unspecified atom stereocenters. The molecular weight excluding hydrogens is 340 g/mol. The molecule has 0 aliphatic carbocycles. The molecule has 0 bridgehead atoms. The summed E-state index contributed by atoms with van der Waals surface area (Å²) in [6.07, 6.45) is 0.433. The van der Waals surface area contributed by atoms with Crippen molar-refractivity contribution in [3.63, 3.8) is 0 Å². The molecule has 0 fully saturated rings. The van der Waals surface area contributed by atoms with Crippen molar-refractivity contribution in [3.05, 3.63) is 70.5 Å². The van der Waals surface area contributed by atoms with E-state index in [0.717, 1.165) is 28.0 Å². The number of aryl methyl sites for hydroxylation is 2. The van der Waals surface area contributed by atoms with Crippen molar-refractivity contribution in [1.82, 2.24) is 14.9 Å². The summed E-state index contributed by atoms with van der Waals surface area (Å²) in [6.45, 7) is 4.16. The number of hydrogen-bond acceptors (Lipinski definition) is 4. The molecule has 2 N–H and O–H groups in total. The van der Waals surface area contributed by atoms with Crippen LogP contribution in [0.15, 0.2) is 42.5 Å². The Bertz CT molecular complexity index is 1080. The second-order valence-electron chi connectivity index (χ2n) is 6.92. The second-order valence-corrected chi connectivity index (χ2v) is 6.92. The number of rotatable bonds is 2. The maximum Gasteiger partial charge on any atom is 0.254 e. The standard InChI is InChI=1S/C21H20N4O2/c1-12-13(2)24-18-9-15(7-8-17(18)23-12)21(27)25-11-16-6-4-3-5-14(16)10-19(25)20(22)26/h3-9,19H,10-11H2,1-2H3,(H2,22,26). The maximum absolute atomic E-state index is 13.2. The zero-order chi connectivity index (χ0) is 19.1. The van der Waals surface area contributed by atoms with Crippen molar-refractivity contribution in [2.45, 2.75) is 32.9 Å². The number of nitrogens with zero attached hydrogens (tertiary/aromatic N) is 3. The Kier molecular flexibility index (Phi) is 4.11. The highest BCUT2D eigenvalue weighted by atomic mass is 16.2. The van der Waals surface area contributed by atoms with Gasteiger partial charge in [0.05, 0.1) is 22.4 Å². The number of amides is 2. The van der Waals surface area contributed by atoms with Crippen LogP contribution >= 0.6 is 0 Å². The molecule has 6 nitrogen and oxygen atoms in total. The molecule has 2 heterocycles. The molecule has 6 heteroatoms. The summed E-state index contributed by atoms with van der Waals surface area (Å²) in [5.74, 6) is -0.722. The fraction of sp³-hybridized carbons (Fsp3) is 0.238. The molecule has 0 saturated heterocycles. The molecule has 0 radical (unpaired) electrons. The van der Waals surface area contributed by atoms with E-state index in [1.54, 1.807) is 23.1 Å². The Balaban J connectivity index is 1.73. The topological polar surface area (TPSA) is 89.2 Å². The smallest absolute Gasteiger partial charge is 0.254 e. The van der Waals surface area contributed by atoms with E-state index >= 15 is 0 Å². The SMILES string of the molecule is Cc1nc2ccc(C(=O)N3Cc4ccccc4CC3C(N)=O)cc2nc1C. The fourth-order valence-corrected chi connectivity index (χ4v) is 3.52. The van der Waals surface area contributed by atoms with Gasteiger partial charge in [-0.05, 0) is 43.2 Å². The quantitative estimate of drug-likeness (QED) is 0.759. The van der Waals surface area contributed by atoms with Gasteiger partial charge in [0.1, 0.15) is 6.04 Å². The predicted octanol–water partition coefficient (Wildman–Crippen LogP) is 2.30. The molecule has 1 atom stereocenters. The number of fused-ring (bicyclic) bond motifs is 2. The molecule has 1 aromatic heterocycles. The van der Waals surface area contributed by atoms with Crippen molar-refractivity contribution in [2.75, 3.05) is 0 Å². The van der Waals surface area contributed by atoms with Crippen LogP contribution in [-0.4, -0.2) is 32.7 Å². The van der Waals surface area contributed by atoms with Crippen LogP contribution in [0.5, 0.6) is 0 Å². The Hall–Kier alpha value is -3.28. The van der Waals surface area contributed by atoms with E-state index in [2.05, 4.69) is 9.97 Å². The normalized spacial score (nSPS) is 16.2. The van der Waals surface area contributed by atoms with Gasteiger partial charge in [0, 0.05) is 18.5 Å². The molecular formula is C21H20N4O2. The summed E-state index contributed by atoms with van der Waals surface area (Å²) >= 11 is 0. The average molecular weight is 360 g/mol. The van der Waals surface area contributed by atoms with Gasteiger partial charge in [-0.2, -0.15) is 0 Å². The van der Waals surface area contributed by atoms with Crippen LogP contribution in [-0.2, 0) is 17.8 Å². The van der Waals surface area contributed by atoms with E-state index in [1.165, 1.54) is 0 Å². The van der Waals surface area contributed by atoms with Gasteiger partial charge in [-0.15, -0.1) is 0 Å². The van der Waals surface area contributed by atoms with Crippen LogP contribution in [0.4, 0.5) is 0 Å². The van der Waals surface area contributed by atoms with Crippen LogP contribution in [0.3, 0.4) is 0 Å². The highest BCUT2D eigenvalue weighted by molar-refractivity contribution is 6.00. The average Bonchev–Trinajstić information content (AvgIpc) is 2.67. The lowest BCUT2D eigenvalue weighted by atomic mass is 9.93. The summed E-state index contributed by atoms with van der Waals surface area (Å²) in [5.41, 5.74) is 11.3. The lowest BCUT2D eigenvalue weighted by molar-refractivity contribution is -0.122. The number of nitrogens with two attached hydrogens (primary N) is 1. The molecule has 27 heavy (non-hydrogen) atoms. The third-order valence-electron chi connectivity index (χ3n) is 5.16. The van der Waals surface area contributed by atoms with Gasteiger partial charge in [-0.1, -0.05) is 24.3 Å². The van der Waals surface area contributed by atoms with Crippen LogP contribution < -0.4 is 5.73 Å².